The maximum atomic E-state index is 11.8. The van der Waals surface area contributed by atoms with Gasteiger partial charge in [-0.05, 0) is 35.2 Å². The Labute approximate surface area is 136 Å². The molecule has 0 fully saturated rings. The van der Waals surface area contributed by atoms with Crippen molar-refractivity contribution in [1.82, 2.24) is 5.32 Å². The van der Waals surface area contributed by atoms with E-state index in [4.69, 9.17) is 4.42 Å². The van der Waals surface area contributed by atoms with Crippen LogP contribution in [0.1, 0.15) is 17.7 Å². The topological polar surface area (TPSA) is 42.2 Å². The zero-order valence-electron chi connectivity index (χ0n) is 12.9. The Balaban J connectivity index is 1.49. The molecule has 0 unspecified atom stereocenters. The lowest BCUT2D eigenvalue weighted by Gasteiger charge is -2.05. The zero-order valence-corrected chi connectivity index (χ0v) is 12.9. The van der Waals surface area contributed by atoms with Gasteiger partial charge in [-0.25, -0.2) is 0 Å². The number of amides is 1. The third kappa shape index (κ3) is 4.33. The summed E-state index contributed by atoms with van der Waals surface area (Å²) in [6.07, 6.45) is 2.82. The van der Waals surface area contributed by atoms with Crippen LogP contribution in [0.5, 0.6) is 0 Å². The number of hydrogen-bond donors (Lipinski definition) is 1. The van der Waals surface area contributed by atoms with Crippen molar-refractivity contribution in [2.45, 2.75) is 19.4 Å². The zero-order chi connectivity index (χ0) is 15.9. The minimum atomic E-state index is 0.0357. The molecule has 0 aliphatic heterocycles. The second-order valence-corrected chi connectivity index (χ2v) is 5.42. The standard InChI is InChI=1S/C20H19NO2/c22-20(21-15-19-7-4-14-23-19)13-10-16-8-11-18(12-9-16)17-5-2-1-3-6-17/h1-9,11-12,14H,10,13,15H2,(H,21,22). The number of rotatable bonds is 6. The van der Waals surface area contributed by atoms with Gasteiger partial charge in [-0.15, -0.1) is 0 Å². The average molecular weight is 305 g/mol. The van der Waals surface area contributed by atoms with E-state index in [1.165, 1.54) is 11.1 Å². The highest BCUT2D eigenvalue weighted by Crippen LogP contribution is 2.19. The molecule has 3 aromatic rings. The fraction of sp³-hybridized carbons (Fsp3) is 0.150. The summed E-state index contributed by atoms with van der Waals surface area (Å²) in [4.78, 5) is 11.8. The maximum Gasteiger partial charge on any atom is 0.220 e. The Morgan fingerprint density at radius 1 is 0.870 bits per heavy atom. The number of carbonyl (C=O) groups is 1. The number of benzene rings is 2. The highest BCUT2D eigenvalue weighted by atomic mass is 16.3. The molecule has 0 radical (unpaired) electrons. The molecule has 0 spiro atoms. The molecule has 116 valence electrons. The van der Waals surface area contributed by atoms with E-state index in [-0.39, 0.29) is 5.91 Å². The molecule has 0 saturated carbocycles. The number of hydrogen-bond acceptors (Lipinski definition) is 2. The van der Waals surface area contributed by atoms with Gasteiger partial charge < -0.3 is 9.73 Å². The number of nitrogens with one attached hydrogen (secondary N) is 1. The summed E-state index contributed by atoms with van der Waals surface area (Å²) in [7, 11) is 0. The van der Waals surface area contributed by atoms with Gasteiger partial charge in [0.25, 0.3) is 0 Å². The lowest BCUT2D eigenvalue weighted by Crippen LogP contribution is -2.22. The highest BCUT2D eigenvalue weighted by Gasteiger charge is 2.04. The Morgan fingerprint density at radius 3 is 2.30 bits per heavy atom. The van der Waals surface area contributed by atoms with Gasteiger partial charge in [-0.2, -0.15) is 0 Å². The molecule has 0 aliphatic rings. The Hall–Kier alpha value is -2.81. The molecule has 0 saturated heterocycles. The van der Waals surface area contributed by atoms with Crippen molar-refractivity contribution < 1.29 is 9.21 Å². The van der Waals surface area contributed by atoms with Gasteiger partial charge in [0, 0.05) is 6.42 Å². The van der Waals surface area contributed by atoms with Crippen molar-refractivity contribution in [2.24, 2.45) is 0 Å². The van der Waals surface area contributed by atoms with Crippen LogP contribution in [0.25, 0.3) is 11.1 Å². The third-order valence-corrected chi connectivity index (χ3v) is 3.74. The number of furan rings is 1. The summed E-state index contributed by atoms with van der Waals surface area (Å²) >= 11 is 0. The van der Waals surface area contributed by atoms with Crippen LogP contribution in [0, 0.1) is 0 Å². The van der Waals surface area contributed by atoms with Crippen molar-refractivity contribution in [3.05, 3.63) is 84.3 Å². The van der Waals surface area contributed by atoms with Crippen molar-refractivity contribution in [3.8, 4) is 11.1 Å². The summed E-state index contributed by atoms with van der Waals surface area (Å²) in [6, 6.07) is 22.3. The summed E-state index contributed by atoms with van der Waals surface area (Å²) < 4.78 is 5.19. The largest absolute Gasteiger partial charge is 0.467 e. The molecule has 1 amide bonds. The van der Waals surface area contributed by atoms with Crippen LogP contribution in [-0.2, 0) is 17.8 Å². The van der Waals surface area contributed by atoms with Crippen molar-refractivity contribution >= 4 is 5.91 Å². The van der Waals surface area contributed by atoms with Gasteiger partial charge in [-0.1, -0.05) is 54.6 Å². The highest BCUT2D eigenvalue weighted by molar-refractivity contribution is 5.76. The second-order valence-electron chi connectivity index (χ2n) is 5.42. The van der Waals surface area contributed by atoms with E-state index >= 15 is 0 Å². The minimum absolute atomic E-state index is 0.0357. The van der Waals surface area contributed by atoms with Crippen molar-refractivity contribution in [1.29, 1.82) is 0 Å². The molecule has 2 aromatic carbocycles. The molecule has 1 N–H and O–H groups in total. The molecular weight excluding hydrogens is 286 g/mol. The molecule has 0 atom stereocenters. The molecule has 23 heavy (non-hydrogen) atoms. The van der Waals surface area contributed by atoms with Crippen LogP contribution in [0.15, 0.2) is 77.4 Å². The first-order valence-electron chi connectivity index (χ1n) is 7.75. The van der Waals surface area contributed by atoms with Gasteiger partial charge in [0.05, 0.1) is 12.8 Å². The quantitative estimate of drug-likeness (QED) is 0.742. The summed E-state index contributed by atoms with van der Waals surface area (Å²) in [6.45, 7) is 0.443. The maximum absolute atomic E-state index is 11.8. The molecule has 0 bridgehead atoms. The molecular formula is C20H19NO2. The van der Waals surface area contributed by atoms with Gasteiger partial charge in [-0.3, -0.25) is 4.79 Å². The van der Waals surface area contributed by atoms with Crippen LogP contribution in [0.3, 0.4) is 0 Å². The van der Waals surface area contributed by atoms with Crippen LogP contribution in [-0.4, -0.2) is 5.91 Å². The number of carbonyl (C=O) groups excluding carboxylic acids is 1. The van der Waals surface area contributed by atoms with E-state index in [0.29, 0.717) is 13.0 Å². The van der Waals surface area contributed by atoms with E-state index in [9.17, 15) is 4.79 Å². The van der Waals surface area contributed by atoms with Crippen LogP contribution < -0.4 is 5.32 Å². The lowest BCUT2D eigenvalue weighted by molar-refractivity contribution is -0.121. The molecule has 0 aliphatic carbocycles. The monoisotopic (exact) mass is 305 g/mol. The molecule has 1 aromatic heterocycles. The van der Waals surface area contributed by atoms with E-state index in [1.807, 2.05) is 30.3 Å². The first-order chi connectivity index (χ1) is 11.3. The molecule has 3 rings (SSSR count). The third-order valence-electron chi connectivity index (χ3n) is 3.74. The molecule has 1 heterocycles. The normalized spacial score (nSPS) is 10.4. The first-order valence-corrected chi connectivity index (χ1v) is 7.75. The summed E-state index contributed by atoms with van der Waals surface area (Å²) in [5.41, 5.74) is 3.56. The van der Waals surface area contributed by atoms with Crippen LogP contribution >= 0.6 is 0 Å². The van der Waals surface area contributed by atoms with E-state index in [2.05, 4.69) is 41.7 Å². The SMILES string of the molecule is O=C(CCc1ccc(-c2ccccc2)cc1)NCc1ccco1. The lowest BCUT2D eigenvalue weighted by atomic mass is 10.0. The summed E-state index contributed by atoms with van der Waals surface area (Å²) in [5, 5.41) is 2.86. The van der Waals surface area contributed by atoms with E-state index < -0.39 is 0 Å². The van der Waals surface area contributed by atoms with Crippen LogP contribution in [0.4, 0.5) is 0 Å². The van der Waals surface area contributed by atoms with Crippen molar-refractivity contribution in [2.75, 3.05) is 0 Å². The minimum Gasteiger partial charge on any atom is -0.467 e. The molecule has 3 heteroatoms. The van der Waals surface area contributed by atoms with Crippen molar-refractivity contribution in [3.63, 3.8) is 0 Å². The first kappa shape index (κ1) is 15.1. The Kier molecular flexibility index (Phi) is 4.89. The Bertz CT molecular complexity index is 731. The average Bonchev–Trinajstić information content (AvgIpc) is 3.13. The van der Waals surface area contributed by atoms with E-state index in [1.54, 1.807) is 6.26 Å². The number of aryl methyl sites for hydroxylation is 1. The fourth-order valence-corrected chi connectivity index (χ4v) is 2.44. The summed E-state index contributed by atoms with van der Waals surface area (Å²) in [5.74, 6) is 0.805. The Morgan fingerprint density at radius 2 is 1.61 bits per heavy atom. The van der Waals surface area contributed by atoms with Gasteiger partial charge >= 0.3 is 0 Å². The fourth-order valence-electron chi connectivity index (χ4n) is 2.44. The van der Waals surface area contributed by atoms with E-state index in [0.717, 1.165) is 17.7 Å². The smallest absolute Gasteiger partial charge is 0.220 e. The van der Waals surface area contributed by atoms with Gasteiger partial charge in [0.15, 0.2) is 0 Å². The predicted molar refractivity (Wildman–Crippen MR) is 90.8 cm³/mol. The van der Waals surface area contributed by atoms with Gasteiger partial charge in [0.2, 0.25) is 5.91 Å². The van der Waals surface area contributed by atoms with Gasteiger partial charge in [0.1, 0.15) is 5.76 Å². The van der Waals surface area contributed by atoms with Crippen LogP contribution in [0.2, 0.25) is 0 Å². The second kappa shape index (κ2) is 7.45. The predicted octanol–water partition coefficient (Wildman–Crippen LogP) is 4.20. The molecule has 3 nitrogen and oxygen atoms in total.